The number of aromatic amines is 1. The summed E-state index contributed by atoms with van der Waals surface area (Å²) < 4.78 is 45.0. The fraction of sp³-hybridized carbons (Fsp3) is 0.294. The molecular formula is C17H15F3N4O2. The van der Waals surface area contributed by atoms with Gasteiger partial charge in [-0.05, 0) is 23.8 Å². The molecule has 1 aliphatic heterocycles. The number of nitrogens with zero attached hydrogens (tertiary/aromatic N) is 2. The predicted molar refractivity (Wildman–Crippen MR) is 86.6 cm³/mol. The van der Waals surface area contributed by atoms with Crippen LogP contribution >= 0.6 is 0 Å². The first-order valence-corrected chi connectivity index (χ1v) is 7.99. The highest BCUT2D eigenvalue weighted by molar-refractivity contribution is 5.93. The van der Waals surface area contributed by atoms with E-state index in [1.807, 2.05) is 0 Å². The SMILES string of the molecule is O=C(NCc1ccc2[nH]c(C(F)(F)F)cc2c1)c1cnn(C2COC2)c1. The van der Waals surface area contributed by atoms with Gasteiger partial charge in [0.15, 0.2) is 0 Å². The second-order valence-electron chi connectivity index (χ2n) is 6.19. The average molecular weight is 364 g/mol. The molecular weight excluding hydrogens is 349 g/mol. The molecule has 0 atom stereocenters. The molecule has 1 fully saturated rings. The molecule has 6 nitrogen and oxygen atoms in total. The molecule has 3 aromatic rings. The van der Waals surface area contributed by atoms with Crippen molar-refractivity contribution in [1.82, 2.24) is 20.1 Å². The van der Waals surface area contributed by atoms with Crippen LogP contribution in [0.5, 0.6) is 0 Å². The summed E-state index contributed by atoms with van der Waals surface area (Å²) in [4.78, 5) is 14.6. The summed E-state index contributed by atoms with van der Waals surface area (Å²) in [6.45, 7) is 1.37. The zero-order chi connectivity index (χ0) is 18.3. The van der Waals surface area contributed by atoms with E-state index in [4.69, 9.17) is 4.74 Å². The van der Waals surface area contributed by atoms with Gasteiger partial charge in [0.25, 0.3) is 5.91 Å². The number of carbonyl (C=O) groups excluding carboxylic acids is 1. The maximum Gasteiger partial charge on any atom is 0.431 e. The van der Waals surface area contributed by atoms with E-state index in [9.17, 15) is 18.0 Å². The quantitative estimate of drug-likeness (QED) is 0.748. The Morgan fingerprint density at radius 1 is 1.35 bits per heavy atom. The third-order valence-corrected chi connectivity index (χ3v) is 4.30. The van der Waals surface area contributed by atoms with E-state index in [1.54, 1.807) is 29.1 Å². The normalized spacial score (nSPS) is 15.2. The van der Waals surface area contributed by atoms with Crippen LogP contribution in [0.1, 0.15) is 27.7 Å². The van der Waals surface area contributed by atoms with Gasteiger partial charge in [-0.2, -0.15) is 18.3 Å². The number of fused-ring (bicyclic) bond motifs is 1. The first-order valence-electron chi connectivity index (χ1n) is 7.99. The fourth-order valence-electron chi connectivity index (χ4n) is 2.76. The number of alkyl halides is 3. The van der Waals surface area contributed by atoms with Crippen LogP contribution in [-0.2, 0) is 17.5 Å². The molecule has 0 aliphatic carbocycles. The van der Waals surface area contributed by atoms with Crippen LogP contribution in [0.2, 0.25) is 0 Å². The van der Waals surface area contributed by atoms with Gasteiger partial charge < -0.3 is 15.0 Å². The van der Waals surface area contributed by atoms with Gasteiger partial charge >= 0.3 is 6.18 Å². The minimum Gasteiger partial charge on any atom is -0.377 e. The van der Waals surface area contributed by atoms with Gasteiger partial charge in [-0.25, -0.2) is 0 Å². The maximum absolute atomic E-state index is 12.8. The number of ether oxygens (including phenoxy) is 1. The van der Waals surface area contributed by atoms with Gasteiger partial charge in [0, 0.05) is 23.6 Å². The Morgan fingerprint density at radius 2 is 2.15 bits per heavy atom. The Morgan fingerprint density at radius 3 is 2.85 bits per heavy atom. The first-order chi connectivity index (χ1) is 12.4. The van der Waals surface area contributed by atoms with Crippen molar-refractivity contribution in [3.63, 3.8) is 0 Å². The van der Waals surface area contributed by atoms with Gasteiger partial charge in [0.05, 0.1) is 31.0 Å². The van der Waals surface area contributed by atoms with Gasteiger partial charge in [-0.1, -0.05) is 6.07 Å². The highest BCUT2D eigenvalue weighted by Gasteiger charge is 2.32. The topological polar surface area (TPSA) is 71.9 Å². The molecule has 1 aromatic carbocycles. The Hall–Kier alpha value is -2.81. The largest absolute Gasteiger partial charge is 0.431 e. The number of H-pyrrole nitrogens is 1. The Kier molecular flexibility index (Phi) is 3.95. The second-order valence-corrected chi connectivity index (χ2v) is 6.19. The standard InChI is InChI=1S/C17H15F3N4O2/c18-17(19,20)15-4-11-3-10(1-2-14(11)23-15)5-21-16(25)12-6-22-24(7-12)13-8-26-9-13/h1-4,6-7,13,23H,5,8-9H2,(H,21,25). The molecule has 0 unspecified atom stereocenters. The summed E-state index contributed by atoms with van der Waals surface area (Å²) in [5.41, 5.74) is 0.745. The maximum atomic E-state index is 12.8. The smallest absolute Gasteiger partial charge is 0.377 e. The summed E-state index contributed by atoms with van der Waals surface area (Å²) in [6.07, 6.45) is -1.27. The molecule has 3 heterocycles. The van der Waals surface area contributed by atoms with Crippen molar-refractivity contribution in [3.05, 3.63) is 53.5 Å². The van der Waals surface area contributed by atoms with Crippen LogP contribution < -0.4 is 5.32 Å². The van der Waals surface area contributed by atoms with Crippen LogP contribution in [0.3, 0.4) is 0 Å². The van der Waals surface area contributed by atoms with Crippen LogP contribution in [0.4, 0.5) is 13.2 Å². The lowest BCUT2D eigenvalue weighted by atomic mass is 10.1. The van der Waals surface area contributed by atoms with Crippen molar-refractivity contribution in [2.24, 2.45) is 0 Å². The molecule has 1 aliphatic rings. The number of nitrogens with one attached hydrogen (secondary N) is 2. The van der Waals surface area contributed by atoms with E-state index in [1.165, 1.54) is 6.20 Å². The zero-order valence-electron chi connectivity index (χ0n) is 13.5. The van der Waals surface area contributed by atoms with Crippen molar-refractivity contribution in [2.75, 3.05) is 13.2 Å². The van der Waals surface area contributed by atoms with Crippen molar-refractivity contribution in [2.45, 2.75) is 18.8 Å². The Balaban J connectivity index is 1.43. The molecule has 0 spiro atoms. The highest BCUT2D eigenvalue weighted by atomic mass is 19.4. The number of hydrogen-bond donors (Lipinski definition) is 2. The number of halogens is 3. The number of rotatable bonds is 4. The van der Waals surface area contributed by atoms with Crippen molar-refractivity contribution in [1.29, 1.82) is 0 Å². The lowest BCUT2D eigenvalue weighted by molar-refractivity contribution is -0.140. The molecule has 1 amide bonds. The minimum absolute atomic E-state index is 0.162. The van der Waals surface area contributed by atoms with Crippen LogP contribution in [-0.4, -0.2) is 33.9 Å². The summed E-state index contributed by atoms with van der Waals surface area (Å²) in [5, 5.41) is 7.34. The van der Waals surface area contributed by atoms with E-state index < -0.39 is 11.9 Å². The molecule has 2 N–H and O–H groups in total. The van der Waals surface area contributed by atoms with Crippen molar-refractivity contribution >= 4 is 16.8 Å². The van der Waals surface area contributed by atoms with Gasteiger partial charge in [0.2, 0.25) is 0 Å². The minimum atomic E-state index is -4.42. The predicted octanol–water partition coefficient (Wildman–Crippen LogP) is 2.88. The Bertz CT molecular complexity index is 956. The lowest BCUT2D eigenvalue weighted by Gasteiger charge is -2.25. The van der Waals surface area contributed by atoms with Gasteiger partial charge in [-0.15, -0.1) is 0 Å². The third kappa shape index (κ3) is 3.17. The van der Waals surface area contributed by atoms with E-state index in [-0.39, 0.29) is 18.5 Å². The van der Waals surface area contributed by atoms with Crippen LogP contribution in [0.25, 0.3) is 10.9 Å². The number of aromatic nitrogens is 3. The van der Waals surface area contributed by atoms with E-state index in [0.717, 1.165) is 6.07 Å². The molecule has 0 bridgehead atoms. The van der Waals surface area contributed by atoms with Crippen LogP contribution in [0, 0.1) is 0 Å². The first kappa shape index (κ1) is 16.6. The fourth-order valence-corrected chi connectivity index (χ4v) is 2.76. The lowest BCUT2D eigenvalue weighted by Crippen LogP contribution is -2.31. The molecule has 136 valence electrons. The summed E-state index contributed by atoms with van der Waals surface area (Å²) in [6, 6.07) is 6.09. The van der Waals surface area contributed by atoms with Gasteiger partial charge in [-0.3, -0.25) is 9.48 Å². The molecule has 26 heavy (non-hydrogen) atoms. The molecule has 4 rings (SSSR count). The number of carbonyl (C=O) groups is 1. The Labute approximate surface area is 145 Å². The van der Waals surface area contributed by atoms with E-state index in [0.29, 0.717) is 35.2 Å². The highest BCUT2D eigenvalue weighted by Crippen LogP contribution is 2.31. The van der Waals surface area contributed by atoms with Gasteiger partial charge in [0.1, 0.15) is 5.69 Å². The zero-order valence-corrected chi connectivity index (χ0v) is 13.5. The summed E-state index contributed by atoms with van der Waals surface area (Å²) in [7, 11) is 0. The van der Waals surface area contributed by atoms with Crippen LogP contribution in [0.15, 0.2) is 36.7 Å². The molecule has 2 aromatic heterocycles. The third-order valence-electron chi connectivity index (χ3n) is 4.30. The molecule has 1 saturated heterocycles. The molecule has 0 saturated carbocycles. The number of hydrogen-bond acceptors (Lipinski definition) is 3. The molecule has 0 radical (unpaired) electrons. The van der Waals surface area contributed by atoms with Crippen molar-refractivity contribution in [3.8, 4) is 0 Å². The average Bonchev–Trinajstić information content (AvgIpc) is 3.16. The number of amides is 1. The second kappa shape index (κ2) is 6.17. The van der Waals surface area contributed by atoms with E-state index >= 15 is 0 Å². The van der Waals surface area contributed by atoms with Crippen molar-refractivity contribution < 1.29 is 22.7 Å². The molecule has 9 heteroatoms. The van der Waals surface area contributed by atoms with E-state index in [2.05, 4.69) is 15.4 Å². The number of benzene rings is 1. The summed E-state index contributed by atoms with van der Waals surface area (Å²) in [5.74, 6) is -0.290. The monoisotopic (exact) mass is 364 g/mol. The summed E-state index contributed by atoms with van der Waals surface area (Å²) >= 11 is 0.